The third-order valence-corrected chi connectivity index (χ3v) is 12.6. The van der Waals surface area contributed by atoms with Gasteiger partial charge < -0.3 is 65.9 Å². The number of amides is 1. The van der Waals surface area contributed by atoms with Gasteiger partial charge in [0.25, 0.3) is 0 Å². The van der Waals surface area contributed by atoms with E-state index in [0.29, 0.717) is 5.56 Å². The van der Waals surface area contributed by atoms with Gasteiger partial charge in [-0.25, -0.2) is 14.4 Å². The molecule has 2 aromatic carbocycles. The van der Waals surface area contributed by atoms with Crippen LogP contribution in [0.15, 0.2) is 71.8 Å². The van der Waals surface area contributed by atoms with Crippen molar-refractivity contribution < 1.29 is 84.5 Å². The third kappa shape index (κ3) is 8.55. The zero-order valence-corrected chi connectivity index (χ0v) is 35.4. The molecule has 1 heterocycles. The molecule has 2 saturated carbocycles. The molecule has 1 amide bonds. The zero-order valence-electron chi connectivity index (χ0n) is 35.4. The Bertz CT molecular complexity index is 1980. The molecule has 4 aliphatic rings. The molecule has 0 aromatic heterocycles. The lowest BCUT2D eigenvalue weighted by Gasteiger charge is -2.67. The minimum atomic E-state index is -2.35. The van der Waals surface area contributed by atoms with Crippen LogP contribution in [0.2, 0.25) is 0 Å². The Kier molecular flexibility index (Phi) is 14.8. The Labute approximate surface area is 353 Å². The average molecular weight is 862 g/mol. The molecule has 338 valence electrons. The monoisotopic (exact) mass is 861 g/mol. The van der Waals surface area contributed by atoms with Gasteiger partial charge in [-0.1, -0.05) is 62.4 Å². The van der Waals surface area contributed by atoms with Gasteiger partial charge in [0.05, 0.1) is 35.6 Å². The van der Waals surface area contributed by atoms with Crippen molar-refractivity contribution >= 4 is 29.8 Å². The highest BCUT2D eigenvalue weighted by Gasteiger charge is 2.78. The smallest absolute Gasteiger partial charge is 0.408 e. The van der Waals surface area contributed by atoms with Crippen LogP contribution in [0.25, 0.3) is 0 Å². The zero-order chi connectivity index (χ0) is 42.7. The van der Waals surface area contributed by atoms with E-state index in [-0.39, 0.29) is 46.2 Å². The van der Waals surface area contributed by atoms with Gasteiger partial charge in [-0.15, -0.1) is 0 Å². The first kappa shape index (κ1) is 50.6. The first-order chi connectivity index (χ1) is 27.0. The second kappa shape index (κ2) is 17.9. The molecule has 0 radical (unpaired) electrons. The number of Topliss-reactive ketones (excluding diaryl/α,β-unsaturated/α-hetero) is 1. The molecule has 1 saturated heterocycles. The number of nitrogens with one attached hydrogen (secondary N) is 1. The Morgan fingerprint density at radius 2 is 1.49 bits per heavy atom. The second-order valence-electron chi connectivity index (χ2n) is 17.6. The van der Waals surface area contributed by atoms with Crippen LogP contribution in [-0.2, 0) is 38.1 Å². The molecular weight excluding hydrogens is 802 g/mol. The Morgan fingerprint density at radius 1 is 0.918 bits per heavy atom. The summed E-state index contributed by atoms with van der Waals surface area (Å²) in [6.45, 7) is 11.8. The van der Waals surface area contributed by atoms with Gasteiger partial charge in [-0.2, -0.15) is 0 Å². The molecule has 2 bridgehead atoms. The summed E-state index contributed by atoms with van der Waals surface area (Å²) in [6, 6.07) is 14.6. The largest absolute Gasteiger partial charge is 0.456 e. The molecule has 11 N–H and O–H groups in total. The van der Waals surface area contributed by atoms with Crippen LogP contribution in [0.1, 0.15) is 90.2 Å². The lowest BCUT2D eigenvalue weighted by atomic mass is 9.44. The molecule has 3 aliphatic carbocycles. The summed E-state index contributed by atoms with van der Waals surface area (Å²) in [5, 5.41) is 51.6. The number of aliphatic hydroxyl groups excluding tert-OH is 3. The summed E-state index contributed by atoms with van der Waals surface area (Å²) in [7, 11) is 0. The van der Waals surface area contributed by atoms with E-state index >= 15 is 0 Å². The van der Waals surface area contributed by atoms with Crippen LogP contribution in [0.5, 0.6) is 0 Å². The number of aliphatic hydroxyl groups is 4. The van der Waals surface area contributed by atoms with Crippen molar-refractivity contribution in [3.63, 3.8) is 0 Å². The number of hydrogen-bond acceptors (Lipinski definition) is 14. The quantitative estimate of drug-likeness (QED) is 0.139. The molecule has 3 fully saturated rings. The fraction of sp³-hybridized carbons (Fsp3) is 0.558. The fourth-order valence-electron chi connectivity index (χ4n) is 9.56. The summed E-state index contributed by atoms with van der Waals surface area (Å²) < 4.78 is 29.5. The van der Waals surface area contributed by atoms with Gasteiger partial charge in [0.2, 0.25) is 0 Å². The first-order valence-electron chi connectivity index (χ1n) is 19.3. The minimum Gasteiger partial charge on any atom is -0.456 e. The number of hydrogen-bond donors (Lipinski definition) is 5. The number of ketones is 1. The second-order valence-corrected chi connectivity index (χ2v) is 17.6. The van der Waals surface area contributed by atoms with E-state index in [0.717, 1.165) is 6.92 Å². The number of carbonyl (C=O) groups is 5. The first-order valence-corrected chi connectivity index (χ1v) is 19.3. The predicted octanol–water partition coefficient (Wildman–Crippen LogP) is 0.786. The number of alkyl carbamates (subject to hydrolysis) is 1. The number of rotatable bonds is 8. The van der Waals surface area contributed by atoms with E-state index in [1.165, 1.54) is 26.0 Å². The standard InChI is InChI=1S/C43H53NO14.3H2O/c1-22-26(55-37(51)32(48)30(24-15-11-9-12-16-24)44-38(52)58-39(3,4)5)20-43(53)35(56-36(50)25-17-13-10-14-18-25)33-41(8,34(49)31(47)29(22)40(43,6)7)27(46)19-28-42(33,21-54-28)57-23(2)45;;;/h9-18,26-28,30-33,35,46-48,53H,19-21H2,1-8H3,(H,44,52);3*1H2/t26-,27-,28-,30?,31+,32?,33+,35-,41+,42-,43+;;;/m0.../s1. The normalized spacial score (nSPS) is 32.0. The lowest BCUT2D eigenvalue weighted by Crippen LogP contribution is -2.81. The molecule has 18 heteroatoms. The van der Waals surface area contributed by atoms with Gasteiger partial charge in [0.15, 0.2) is 17.5 Å². The molecule has 1 aliphatic heterocycles. The van der Waals surface area contributed by atoms with Gasteiger partial charge in [0, 0.05) is 25.2 Å². The van der Waals surface area contributed by atoms with Crippen molar-refractivity contribution in [1.29, 1.82) is 0 Å². The van der Waals surface area contributed by atoms with Gasteiger partial charge >= 0.3 is 24.0 Å². The lowest BCUT2D eigenvalue weighted by molar-refractivity contribution is -0.346. The number of esters is 3. The van der Waals surface area contributed by atoms with Gasteiger partial charge in [0.1, 0.15) is 35.6 Å². The number of fused-ring (bicyclic) bond motifs is 5. The molecule has 61 heavy (non-hydrogen) atoms. The Hall–Kier alpha value is -4.79. The highest BCUT2D eigenvalue weighted by molar-refractivity contribution is 5.94. The van der Waals surface area contributed by atoms with Crippen LogP contribution in [0, 0.1) is 16.7 Å². The van der Waals surface area contributed by atoms with Crippen LogP contribution in [0.4, 0.5) is 4.79 Å². The minimum absolute atomic E-state index is 0. The molecule has 0 spiro atoms. The van der Waals surface area contributed by atoms with Crippen molar-refractivity contribution in [2.75, 3.05) is 6.61 Å². The summed E-state index contributed by atoms with van der Waals surface area (Å²) in [5.74, 6) is -5.36. The Balaban J connectivity index is 0.00000331. The average Bonchev–Trinajstić information content (AvgIpc) is 3.14. The number of ether oxygens (including phenoxy) is 5. The third-order valence-electron chi connectivity index (χ3n) is 12.6. The highest BCUT2D eigenvalue weighted by Crippen LogP contribution is 2.64. The maximum atomic E-state index is 14.9. The fourth-order valence-corrected chi connectivity index (χ4v) is 9.56. The maximum absolute atomic E-state index is 14.9. The van der Waals surface area contributed by atoms with Crippen molar-refractivity contribution in [3.8, 4) is 0 Å². The molecule has 2 unspecified atom stereocenters. The molecule has 6 rings (SSSR count). The van der Waals surface area contributed by atoms with Crippen molar-refractivity contribution in [2.45, 2.75) is 128 Å². The molecule has 18 nitrogen and oxygen atoms in total. The van der Waals surface area contributed by atoms with E-state index in [2.05, 4.69) is 5.32 Å². The van der Waals surface area contributed by atoms with E-state index in [1.54, 1.807) is 83.1 Å². The maximum Gasteiger partial charge on any atom is 0.408 e. The predicted molar refractivity (Wildman–Crippen MR) is 214 cm³/mol. The number of carbonyl (C=O) groups excluding carboxylic acids is 5. The van der Waals surface area contributed by atoms with Crippen molar-refractivity contribution in [1.82, 2.24) is 5.32 Å². The summed E-state index contributed by atoms with van der Waals surface area (Å²) in [6.07, 6.45) is -11.5. The van der Waals surface area contributed by atoms with Gasteiger partial charge in [-0.3, -0.25) is 9.59 Å². The summed E-state index contributed by atoms with van der Waals surface area (Å²) in [5.41, 5.74) is -8.14. The van der Waals surface area contributed by atoms with Crippen LogP contribution in [-0.4, -0.2) is 127 Å². The van der Waals surface area contributed by atoms with E-state index in [9.17, 15) is 44.4 Å². The number of benzene rings is 2. The van der Waals surface area contributed by atoms with Crippen LogP contribution >= 0.6 is 0 Å². The summed E-state index contributed by atoms with van der Waals surface area (Å²) in [4.78, 5) is 68.9. The molecule has 2 aromatic rings. The summed E-state index contributed by atoms with van der Waals surface area (Å²) >= 11 is 0. The van der Waals surface area contributed by atoms with Crippen molar-refractivity contribution in [3.05, 3.63) is 82.9 Å². The molecule has 11 atom stereocenters. The Morgan fingerprint density at radius 3 is 2.02 bits per heavy atom. The topological polar surface area (TPSA) is 319 Å². The van der Waals surface area contributed by atoms with Crippen LogP contribution < -0.4 is 5.32 Å². The van der Waals surface area contributed by atoms with Crippen LogP contribution in [0.3, 0.4) is 0 Å². The molecular formula is C43H59NO17. The van der Waals surface area contributed by atoms with E-state index in [1.807, 2.05) is 0 Å². The highest BCUT2D eigenvalue weighted by atomic mass is 16.6. The van der Waals surface area contributed by atoms with Gasteiger partial charge in [-0.05, 0) is 63.5 Å². The van der Waals surface area contributed by atoms with E-state index in [4.69, 9.17) is 23.7 Å². The van der Waals surface area contributed by atoms with E-state index < -0.39 is 112 Å². The van der Waals surface area contributed by atoms with Crippen molar-refractivity contribution in [2.24, 2.45) is 16.7 Å². The SMILES string of the molecule is CC(=O)O[C@@]12CO[C@H]1C[C@H](O)[C@@]1(C)C(=O)[C@H](O)C3=C(C)[C@@H](OC(=O)C(O)C(NC(=O)OC(C)(C)C)c4ccccc4)C[C@@](O)([C@@H](OC(=O)c4ccccc4)[C@@H]21)C3(C)C.O.O.O.